The number of carbonyl (C=O) groups is 1. The number of aryl methyl sites for hydroxylation is 3. The number of hydrogen-bond acceptors (Lipinski definition) is 2. The zero-order valence-electron chi connectivity index (χ0n) is 16.7. The third-order valence-corrected chi connectivity index (χ3v) is 5.48. The minimum atomic E-state index is -0.179. The van der Waals surface area contributed by atoms with Crippen molar-refractivity contribution in [3.05, 3.63) is 34.4 Å². The van der Waals surface area contributed by atoms with Crippen molar-refractivity contribution in [1.29, 1.82) is 0 Å². The van der Waals surface area contributed by atoms with Crippen LogP contribution in [-0.2, 0) is 4.74 Å². The van der Waals surface area contributed by atoms with Crippen molar-refractivity contribution in [3.63, 3.8) is 0 Å². The van der Waals surface area contributed by atoms with Crippen LogP contribution in [0.15, 0.2) is 12.1 Å². The molecule has 0 saturated heterocycles. The van der Waals surface area contributed by atoms with Crippen LogP contribution in [0, 0.1) is 20.8 Å². The summed E-state index contributed by atoms with van der Waals surface area (Å²) in [5.41, 5.74) is 3.93. The Bertz CT molecular complexity index is 569. The van der Waals surface area contributed by atoms with Gasteiger partial charge in [0.15, 0.2) is 0 Å². The minimum absolute atomic E-state index is 0. The van der Waals surface area contributed by atoms with Crippen molar-refractivity contribution in [2.45, 2.75) is 71.9 Å². The zero-order chi connectivity index (χ0) is 17.9. The number of benzene rings is 1. The van der Waals surface area contributed by atoms with Gasteiger partial charge in [-0.1, -0.05) is 24.1 Å². The Hall–Kier alpha value is -0.620. The molecule has 1 unspecified atom stereocenters. The Morgan fingerprint density at radius 1 is 1.12 bits per heavy atom. The van der Waals surface area contributed by atoms with Crippen molar-refractivity contribution in [2.24, 2.45) is 0 Å². The molecule has 2 rings (SSSR count). The highest BCUT2D eigenvalue weighted by Crippen LogP contribution is 2.26. The molecule has 1 aromatic rings. The summed E-state index contributed by atoms with van der Waals surface area (Å²) in [6.45, 7) is 8.94. The fourth-order valence-corrected chi connectivity index (χ4v) is 4.37. The molecule has 0 aromatic heterocycles. The lowest BCUT2D eigenvalue weighted by molar-refractivity contribution is -0.918. The van der Waals surface area contributed by atoms with Crippen LogP contribution in [0.3, 0.4) is 0 Å². The second kappa shape index (κ2) is 9.36. The summed E-state index contributed by atoms with van der Waals surface area (Å²) in [5, 5.41) is 0. The maximum absolute atomic E-state index is 12.6. The average Bonchev–Trinajstić information content (AvgIpc) is 2.46. The smallest absolute Gasteiger partial charge is 0.339 e. The van der Waals surface area contributed by atoms with E-state index in [1.54, 1.807) is 0 Å². The highest BCUT2D eigenvalue weighted by Gasteiger charge is 2.32. The van der Waals surface area contributed by atoms with Gasteiger partial charge < -0.3 is 33.2 Å². The van der Waals surface area contributed by atoms with Crippen LogP contribution in [0.4, 0.5) is 0 Å². The first-order valence-electron chi connectivity index (χ1n) is 9.32. The molecule has 0 amide bonds. The van der Waals surface area contributed by atoms with E-state index in [1.807, 2.05) is 20.8 Å². The first-order valence-corrected chi connectivity index (χ1v) is 9.32. The highest BCUT2D eigenvalue weighted by atomic mass is 127. The summed E-state index contributed by atoms with van der Waals surface area (Å²) < 4.78 is 6.75. The van der Waals surface area contributed by atoms with E-state index in [2.05, 4.69) is 33.2 Å². The summed E-state index contributed by atoms with van der Waals surface area (Å²) in [6, 6.07) is 4.80. The number of hydrogen-bond donors (Lipinski definition) is 0. The molecule has 0 bridgehead atoms. The Kier molecular flexibility index (Phi) is 8.39. The topological polar surface area (TPSA) is 26.3 Å². The SMILES string of the molecule is Cc1cc(C)c(C(=O)OC(C)C[N+](C)(C)C2CCCCC2)c(C)c1.[I-]. The molecule has 1 aromatic carbocycles. The molecule has 0 N–H and O–H groups in total. The Morgan fingerprint density at radius 2 is 1.64 bits per heavy atom. The van der Waals surface area contributed by atoms with Gasteiger partial charge in [-0.25, -0.2) is 4.79 Å². The van der Waals surface area contributed by atoms with Gasteiger partial charge in [-0.2, -0.15) is 0 Å². The third-order valence-electron chi connectivity index (χ3n) is 5.48. The molecule has 1 fully saturated rings. The molecular weight excluding hydrogens is 425 g/mol. The van der Waals surface area contributed by atoms with Crippen LogP contribution in [0.1, 0.15) is 66.1 Å². The normalized spacial score (nSPS) is 16.9. The number of halogens is 1. The van der Waals surface area contributed by atoms with Gasteiger partial charge >= 0.3 is 5.97 Å². The molecule has 0 heterocycles. The molecule has 142 valence electrons. The van der Waals surface area contributed by atoms with Crippen LogP contribution >= 0.6 is 0 Å². The van der Waals surface area contributed by atoms with Gasteiger partial charge in [0, 0.05) is 0 Å². The molecule has 0 radical (unpaired) electrons. The van der Waals surface area contributed by atoms with Gasteiger partial charge in [0.25, 0.3) is 0 Å². The van der Waals surface area contributed by atoms with Crippen LogP contribution in [0.2, 0.25) is 0 Å². The summed E-state index contributed by atoms with van der Waals surface area (Å²) in [5.74, 6) is -0.179. The van der Waals surface area contributed by atoms with E-state index in [4.69, 9.17) is 4.74 Å². The lowest BCUT2D eigenvalue weighted by Crippen LogP contribution is -3.00. The van der Waals surface area contributed by atoms with E-state index in [0.29, 0.717) is 6.04 Å². The number of rotatable bonds is 5. The lowest BCUT2D eigenvalue weighted by Gasteiger charge is -2.41. The second-order valence-corrected chi connectivity index (χ2v) is 8.24. The molecule has 4 heteroatoms. The number of quaternary nitrogens is 1. The van der Waals surface area contributed by atoms with Crippen molar-refractivity contribution in [1.82, 2.24) is 0 Å². The Labute approximate surface area is 170 Å². The molecule has 1 aliphatic carbocycles. The van der Waals surface area contributed by atoms with E-state index < -0.39 is 0 Å². The van der Waals surface area contributed by atoms with Gasteiger partial charge in [-0.3, -0.25) is 0 Å². The fourth-order valence-electron chi connectivity index (χ4n) is 4.37. The molecule has 1 atom stereocenters. The van der Waals surface area contributed by atoms with E-state index in [0.717, 1.165) is 27.7 Å². The third kappa shape index (κ3) is 5.95. The largest absolute Gasteiger partial charge is 1.00 e. The van der Waals surface area contributed by atoms with Crippen molar-refractivity contribution in [3.8, 4) is 0 Å². The summed E-state index contributed by atoms with van der Waals surface area (Å²) in [6.07, 6.45) is 6.56. The van der Waals surface area contributed by atoms with Crippen LogP contribution in [0.25, 0.3) is 0 Å². The summed E-state index contributed by atoms with van der Waals surface area (Å²) >= 11 is 0. The maximum atomic E-state index is 12.6. The number of nitrogens with zero attached hydrogens (tertiary/aromatic N) is 1. The average molecular weight is 459 g/mol. The summed E-state index contributed by atoms with van der Waals surface area (Å²) in [7, 11) is 4.56. The lowest BCUT2D eigenvalue weighted by atomic mass is 9.93. The fraction of sp³-hybridized carbons (Fsp3) is 0.667. The zero-order valence-corrected chi connectivity index (χ0v) is 18.9. The van der Waals surface area contributed by atoms with Gasteiger partial charge in [0.1, 0.15) is 12.6 Å². The Balaban J connectivity index is 0.00000312. The predicted octanol–water partition coefficient (Wildman–Crippen LogP) is 1.57. The molecule has 3 nitrogen and oxygen atoms in total. The quantitative estimate of drug-likeness (QED) is 0.380. The van der Waals surface area contributed by atoms with E-state index in [1.165, 1.54) is 37.7 Å². The molecule has 1 aliphatic rings. The van der Waals surface area contributed by atoms with Gasteiger partial charge in [0.2, 0.25) is 0 Å². The van der Waals surface area contributed by atoms with E-state index >= 15 is 0 Å². The van der Waals surface area contributed by atoms with Crippen LogP contribution in [0.5, 0.6) is 0 Å². The molecular formula is C21H34INO2. The van der Waals surface area contributed by atoms with Gasteiger partial charge in [-0.05, 0) is 64.5 Å². The van der Waals surface area contributed by atoms with Crippen LogP contribution in [-0.4, -0.2) is 43.2 Å². The Morgan fingerprint density at radius 3 is 2.16 bits per heavy atom. The first-order chi connectivity index (χ1) is 11.2. The summed E-state index contributed by atoms with van der Waals surface area (Å²) in [4.78, 5) is 12.6. The first kappa shape index (κ1) is 22.4. The van der Waals surface area contributed by atoms with Gasteiger partial charge in [-0.15, -0.1) is 0 Å². The maximum Gasteiger partial charge on any atom is 0.339 e. The number of ether oxygens (including phenoxy) is 1. The van der Waals surface area contributed by atoms with E-state index in [-0.39, 0.29) is 36.0 Å². The number of likely N-dealkylation sites (N-methyl/N-ethyl adjacent to an activating group) is 1. The molecule has 0 aliphatic heterocycles. The minimum Gasteiger partial charge on any atom is -1.00 e. The molecule has 1 saturated carbocycles. The highest BCUT2D eigenvalue weighted by molar-refractivity contribution is 5.92. The number of carbonyl (C=O) groups excluding carboxylic acids is 1. The standard InChI is InChI=1S/C21H34NO2.HI/c1-15-12-16(2)20(17(3)13-15)21(23)24-18(4)14-22(5,6)19-10-8-7-9-11-19;/h12-13,18-19H,7-11,14H2,1-6H3;1H/q+1;/p-1. The van der Waals surface area contributed by atoms with Crippen LogP contribution < -0.4 is 24.0 Å². The van der Waals surface area contributed by atoms with Crippen molar-refractivity contribution >= 4 is 5.97 Å². The molecule has 0 spiro atoms. The predicted molar refractivity (Wildman–Crippen MR) is 99.4 cm³/mol. The van der Waals surface area contributed by atoms with Gasteiger partial charge in [0.05, 0.1) is 25.7 Å². The second-order valence-electron chi connectivity index (χ2n) is 8.24. The van der Waals surface area contributed by atoms with Crippen molar-refractivity contribution < 1.29 is 38.0 Å². The van der Waals surface area contributed by atoms with E-state index in [9.17, 15) is 4.79 Å². The molecule has 25 heavy (non-hydrogen) atoms. The van der Waals surface area contributed by atoms with Crippen molar-refractivity contribution in [2.75, 3.05) is 20.6 Å². The number of esters is 1. The monoisotopic (exact) mass is 459 g/mol.